The highest BCUT2D eigenvalue weighted by molar-refractivity contribution is 5.22. The minimum Gasteiger partial charge on any atom is -0.490 e. The number of aromatic nitrogens is 1. The topological polar surface area (TPSA) is 45.6 Å². The van der Waals surface area contributed by atoms with Gasteiger partial charge in [-0.15, -0.1) is 0 Å². The summed E-state index contributed by atoms with van der Waals surface area (Å²) < 4.78 is 18.8. The molecule has 0 amide bonds. The molecule has 3 rings (SSSR count). The van der Waals surface area contributed by atoms with Gasteiger partial charge in [-0.05, 0) is 49.2 Å². The maximum Gasteiger partial charge on any atom is 0.126 e. The molecule has 1 fully saturated rings. The van der Waals surface area contributed by atoms with Gasteiger partial charge < -0.3 is 9.84 Å². The van der Waals surface area contributed by atoms with Crippen molar-refractivity contribution in [1.29, 1.82) is 0 Å². The lowest BCUT2D eigenvalue weighted by Gasteiger charge is -2.39. The first kappa shape index (κ1) is 15.9. The number of nitrogens with zero attached hydrogens (tertiary/aromatic N) is 2. The van der Waals surface area contributed by atoms with Crippen molar-refractivity contribution in [3.8, 4) is 5.75 Å². The van der Waals surface area contributed by atoms with E-state index in [1.165, 1.54) is 17.7 Å². The molecule has 1 aromatic heterocycles. The summed E-state index contributed by atoms with van der Waals surface area (Å²) in [6.45, 7) is 2.45. The van der Waals surface area contributed by atoms with Crippen molar-refractivity contribution in [1.82, 2.24) is 9.88 Å². The third-order valence-corrected chi connectivity index (χ3v) is 4.09. The quantitative estimate of drug-likeness (QED) is 0.921. The lowest BCUT2D eigenvalue weighted by atomic mass is 9.93. The first-order chi connectivity index (χ1) is 11.1. The predicted octanol–water partition coefficient (Wildman–Crippen LogP) is 2.63. The van der Waals surface area contributed by atoms with E-state index in [1.54, 1.807) is 24.5 Å². The molecule has 2 aromatic rings. The number of pyridine rings is 1. The Bertz CT molecular complexity index is 638. The Kier molecular flexibility index (Phi) is 4.88. The van der Waals surface area contributed by atoms with Crippen LogP contribution in [0.3, 0.4) is 0 Å². The number of ether oxygens (including phenoxy) is 1. The van der Waals surface area contributed by atoms with Crippen LogP contribution in [0.5, 0.6) is 5.75 Å². The van der Waals surface area contributed by atoms with Crippen molar-refractivity contribution in [3.63, 3.8) is 0 Å². The van der Waals surface area contributed by atoms with Gasteiger partial charge in [-0.3, -0.25) is 9.88 Å². The second-order valence-electron chi connectivity index (χ2n) is 6.14. The van der Waals surface area contributed by atoms with E-state index in [4.69, 9.17) is 4.74 Å². The smallest absolute Gasteiger partial charge is 0.126 e. The van der Waals surface area contributed by atoms with Gasteiger partial charge in [0.2, 0.25) is 0 Å². The molecule has 0 unspecified atom stereocenters. The van der Waals surface area contributed by atoms with Crippen LogP contribution in [0.15, 0.2) is 48.8 Å². The van der Waals surface area contributed by atoms with Gasteiger partial charge in [0.1, 0.15) is 23.8 Å². The lowest BCUT2D eigenvalue weighted by molar-refractivity contribution is -0.0621. The van der Waals surface area contributed by atoms with Crippen LogP contribution < -0.4 is 4.74 Å². The maximum absolute atomic E-state index is 13.2. The number of β-amino-alcohol motifs (C(OH)–C–C–N with tert-alkyl or cyclic N) is 1. The molecule has 1 atom stereocenters. The van der Waals surface area contributed by atoms with Gasteiger partial charge in [-0.2, -0.15) is 0 Å². The summed E-state index contributed by atoms with van der Waals surface area (Å²) >= 11 is 0. The molecule has 1 aromatic carbocycles. The van der Waals surface area contributed by atoms with E-state index in [1.807, 2.05) is 12.1 Å². The zero-order valence-corrected chi connectivity index (χ0v) is 13.0. The van der Waals surface area contributed by atoms with Crippen LogP contribution in [0, 0.1) is 5.82 Å². The first-order valence-corrected chi connectivity index (χ1v) is 7.85. The van der Waals surface area contributed by atoms with E-state index in [2.05, 4.69) is 9.88 Å². The summed E-state index contributed by atoms with van der Waals surface area (Å²) in [5, 5.41) is 10.8. The average molecular weight is 316 g/mol. The fraction of sp³-hybridized carbons (Fsp3) is 0.389. The molecule has 1 aliphatic rings. The minimum atomic E-state index is -0.905. The fourth-order valence-corrected chi connectivity index (χ4v) is 2.98. The molecule has 0 aliphatic carbocycles. The van der Waals surface area contributed by atoms with Crippen LogP contribution in [0.4, 0.5) is 4.39 Å². The van der Waals surface area contributed by atoms with E-state index in [0.717, 1.165) is 19.5 Å². The zero-order valence-electron chi connectivity index (χ0n) is 13.0. The van der Waals surface area contributed by atoms with Crippen LogP contribution in [-0.2, 0) is 6.54 Å². The van der Waals surface area contributed by atoms with Gasteiger partial charge in [-0.1, -0.05) is 6.07 Å². The van der Waals surface area contributed by atoms with E-state index in [9.17, 15) is 9.50 Å². The van der Waals surface area contributed by atoms with Gasteiger partial charge in [0.25, 0.3) is 0 Å². The van der Waals surface area contributed by atoms with Crippen molar-refractivity contribution in [2.24, 2.45) is 0 Å². The number of likely N-dealkylation sites (tertiary alicyclic amines) is 1. The van der Waals surface area contributed by atoms with Gasteiger partial charge in [0.15, 0.2) is 0 Å². The van der Waals surface area contributed by atoms with Crippen molar-refractivity contribution in [3.05, 3.63) is 60.2 Å². The fourth-order valence-electron chi connectivity index (χ4n) is 2.98. The maximum atomic E-state index is 13.2. The summed E-state index contributed by atoms with van der Waals surface area (Å²) in [6.07, 6.45) is 5.15. The Hall–Kier alpha value is -1.98. The molecule has 1 saturated heterocycles. The predicted molar refractivity (Wildman–Crippen MR) is 85.6 cm³/mol. The monoisotopic (exact) mass is 316 g/mol. The van der Waals surface area contributed by atoms with Crippen LogP contribution in [-0.4, -0.2) is 40.3 Å². The Balaban J connectivity index is 1.58. The molecule has 2 heterocycles. The van der Waals surface area contributed by atoms with Crippen LogP contribution in [0.2, 0.25) is 0 Å². The Morgan fingerprint density at radius 2 is 2.09 bits per heavy atom. The molecular weight excluding hydrogens is 295 g/mol. The highest BCUT2D eigenvalue weighted by Crippen LogP contribution is 2.24. The van der Waals surface area contributed by atoms with E-state index < -0.39 is 5.60 Å². The van der Waals surface area contributed by atoms with Gasteiger partial charge in [0.05, 0.1) is 0 Å². The number of halogens is 1. The van der Waals surface area contributed by atoms with E-state index in [-0.39, 0.29) is 12.4 Å². The molecule has 5 heteroatoms. The van der Waals surface area contributed by atoms with Crippen LogP contribution in [0.1, 0.15) is 18.4 Å². The Morgan fingerprint density at radius 3 is 2.87 bits per heavy atom. The number of hydrogen-bond acceptors (Lipinski definition) is 4. The van der Waals surface area contributed by atoms with Crippen molar-refractivity contribution in [2.75, 3.05) is 19.7 Å². The van der Waals surface area contributed by atoms with E-state index >= 15 is 0 Å². The number of benzene rings is 1. The highest BCUT2D eigenvalue weighted by Gasteiger charge is 2.34. The van der Waals surface area contributed by atoms with Crippen LogP contribution in [0.25, 0.3) is 0 Å². The zero-order chi connectivity index (χ0) is 16.1. The molecule has 0 radical (unpaired) electrons. The normalized spacial score (nSPS) is 22.0. The number of aliphatic hydroxyl groups is 1. The third kappa shape index (κ3) is 4.50. The molecule has 0 saturated carbocycles. The van der Waals surface area contributed by atoms with Gasteiger partial charge in [-0.25, -0.2) is 4.39 Å². The van der Waals surface area contributed by atoms with Crippen molar-refractivity contribution < 1.29 is 14.2 Å². The summed E-state index contributed by atoms with van der Waals surface area (Å²) in [5.74, 6) is 0.113. The highest BCUT2D eigenvalue weighted by atomic mass is 19.1. The Morgan fingerprint density at radius 1 is 1.26 bits per heavy atom. The van der Waals surface area contributed by atoms with E-state index in [0.29, 0.717) is 18.7 Å². The summed E-state index contributed by atoms with van der Waals surface area (Å²) in [4.78, 5) is 6.23. The Labute approximate surface area is 135 Å². The van der Waals surface area contributed by atoms with Crippen molar-refractivity contribution in [2.45, 2.75) is 25.0 Å². The molecular formula is C18H21FN2O2. The standard InChI is InChI=1S/C18H21FN2O2/c19-16-3-1-4-17(11-16)23-14-18(22)7-2-10-21(13-18)12-15-5-8-20-9-6-15/h1,3-6,8-9,11,22H,2,7,10,12-14H2/t18-/m1/s1. The number of rotatable bonds is 5. The van der Waals surface area contributed by atoms with Crippen molar-refractivity contribution >= 4 is 0 Å². The molecule has 4 nitrogen and oxygen atoms in total. The summed E-state index contributed by atoms with van der Waals surface area (Å²) in [5.41, 5.74) is 0.271. The molecule has 23 heavy (non-hydrogen) atoms. The second kappa shape index (κ2) is 7.06. The SMILES string of the molecule is O[C@]1(COc2cccc(F)c2)CCCN(Cc2ccncc2)C1. The van der Waals surface area contributed by atoms with Gasteiger partial charge in [0, 0.05) is 31.5 Å². The number of piperidine rings is 1. The lowest BCUT2D eigenvalue weighted by Crippen LogP contribution is -2.51. The minimum absolute atomic E-state index is 0.170. The number of hydrogen-bond donors (Lipinski definition) is 1. The summed E-state index contributed by atoms with van der Waals surface area (Å²) in [6, 6.07) is 9.97. The molecule has 122 valence electrons. The largest absolute Gasteiger partial charge is 0.490 e. The molecule has 1 aliphatic heterocycles. The molecule has 0 spiro atoms. The second-order valence-corrected chi connectivity index (χ2v) is 6.14. The van der Waals surface area contributed by atoms with Crippen LogP contribution >= 0.6 is 0 Å². The summed E-state index contributed by atoms with van der Waals surface area (Å²) in [7, 11) is 0. The third-order valence-electron chi connectivity index (χ3n) is 4.09. The van der Waals surface area contributed by atoms with Gasteiger partial charge >= 0.3 is 0 Å². The first-order valence-electron chi connectivity index (χ1n) is 7.85. The molecule has 1 N–H and O–H groups in total. The average Bonchev–Trinajstić information content (AvgIpc) is 2.54. The molecule has 0 bridgehead atoms.